The number of aryl methyl sites for hydroxylation is 1. The predicted molar refractivity (Wildman–Crippen MR) is 55.3 cm³/mol. The van der Waals surface area contributed by atoms with E-state index >= 15 is 0 Å². The fraction of sp³-hybridized carbons (Fsp3) is 0.200. The van der Waals surface area contributed by atoms with E-state index in [1.165, 1.54) is 0 Å². The van der Waals surface area contributed by atoms with E-state index in [4.69, 9.17) is 11.6 Å². The van der Waals surface area contributed by atoms with E-state index in [0.717, 1.165) is 16.6 Å². The lowest BCUT2D eigenvalue weighted by atomic mass is 10.1. The van der Waals surface area contributed by atoms with Gasteiger partial charge in [-0.15, -0.1) is 0 Å². The van der Waals surface area contributed by atoms with Crippen LogP contribution in [0, 0.1) is 0 Å². The van der Waals surface area contributed by atoms with Crippen LogP contribution < -0.4 is 0 Å². The number of rotatable bonds is 3. The molecule has 1 N–H and O–H groups in total. The maximum atomic E-state index is 10.6. The molecule has 4 heteroatoms. The van der Waals surface area contributed by atoms with Crippen molar-refractivity contribution in [2.45, 2.75) is 12.8 Å². The van der Waals surface area contributed by atoms with Crippen LogP contribution in [0.2, 0.25) is 0 Å². The number of nitrogens with one attached hydrogen (secondary N) is 1. The molecule has 0 radical (unpaired) electrons. The molecule has 0 fully saturated rings. The third kappa shape index (κ3) is 1.77. The van der Waals surface area contributed by atoms with Gasteiger partial charge in [0.25, 0.3) is 0 Å². The number of aromatic nitrogens is 2. The van der Waals surface area contributed by atoms with E-state index in [2.05, 4.69) is 9.97 Å². The molecule has 1 aromatic carbocycles. The number of carbonyl (C=O) groups is 1. The molecular formula is C10H9ClN2O. The maximum absolute atomic E-state index is 10.6. The smallest absolute Gasteiger partial charge is 0.221 e. The first-order chi connectivity index (χ1) is 6.77. The van der Waals surface area contributed by atoms with Crippen molar-refractivity contribution in [2.75, 3.05) is 0 Å². The summed E-state index contributed by atoms with van der Waals surface area (Å²) in [5, 5.41) is -0.308. The van der Waals surface area contributed by atoms with Gasteiger partial charge in [0, 0.05) is 6.42 Å². The average molecular weight is 209 g/mol. The van der Waals surface area contributed by atoms with Crippen molar-refractivity contribution in [3.63, 3.8) is 0 Å². The van der Waals surface area contributed by atoms with E-state index in [9.17, 15) is 4.79 Å². The second kappa shape index (κ2) is 3.80. The van der Waals surface area contributed by atoms with Crippen LogP contribution in [0.5, 0.6) is 0 Å². The van der Waals surface area contributed by atoms with Crippen LogP contribution >= 0.6 is 11.6 Å². The SMILES string of the molecule is O=C(Cl)CCc1cccc2[nH]cnc12. The highest BCUT2D eigenvalue weighted by Gasteiger charge is 2.04. The fourth-order valence-electron chi connectivity index (χ4n) is 1.46. The lowest BCUT2D eigenvalue weighted by Crippen LogP contribution is -1.92. The second-order valence-corrected chi connectivity index (χ2v) is 3.49. The molecule has 3 nitrogen and oxygen atoms in total. The topological polar surface area (TPSA) is 45.8 Å². The van der Waals surface area contributed by atoms with Crippen molar-refractivity contribution in [1.29, 1.82) is 0 Å². The fourth-order valence-corrected chi connectivity index (χ4v) is 1.56. The third-order valence-corrected chi connectivity index (χ3v) is 2.31. The molecule has 2 aromatic rings. The molecule has 0 saturated heterocycles. The summed E-state index contributed by atoms with van der Waals surface area (Å²) >= 11 is 5.29. The van der Waals surface area contributed by atoms with Crippen LogP contribution in [-0.2, 0) is 11.2 Å². The van der Waals surface area contributed by atoms with Gasteiger partial charge in [0.1, 0.15) is 0 Å². The lowest BCUT2D eigenvalue weighted by Gasteiger charge is -1.98. The van der Waals surface area contributed by atoms with Crippen molar-refractivity contribution in [2.24, 2.45) is 0 Å². The summed E-state index contributed by atoms with van der Waals surface area (Å²) in [6.45, 7) is 0. The van der Waals surface area contributed by atoms with E-state index in [-0.39, 0.29) is 5.24 Å². The van der Waals surface area contributed by atoms with Crippen molar-refractivity contribution < 1.29 is 4.79 Å². The van der Waals surface area contributed by atoms with E-state index < -0.39 is 0 Å². The van der Waals surface area contributed by atoms with Crippen LogP contribution in [0.1, 0.15) is 12.0 Å². The van der Waals surface area contributed by atoms with Gasteiger partial charge in [0.15, 0.2) is 0 Å². The number of aromatic amines is 1. The minimum absolute atomic E-state index is 0.308. The molecule has 1 heterocycles. The largest absolute Gasteiger partial charge is 0.345 e. The molecule has 2 rings (SSSR count). The lowest BCUT2D eigenvalue weighted by molar-refractivity contribution is -0.111. The molecule has 14 heavy (non-hydrogen) atoms. The first-order valence-corrected chi connectivity index (χ1v) is 4.74. The summed E-state index contributed by atoms with van der Waals surface area (Å²) in [4.78, 5) is 17.8. The Balaban J connectivity index is 2.32. The van der Waals surface area contributed by atoms with Gasteiger partial charge in [-0.25, -0.2) is 4.98 Å². The van der Waals surface area contributed by atoms with Gasteiger partial charge in [-0.2, -0.15) is 0 Å². The van der Waals surface area contributed by atoms with Gasteiger partial charge < -0.3 is 4.98 Å². The summed E-state index contributed by atoms with van der Waals surface area (Å²) in [7, 11) is 0. The average Bonchev–Trinajstić information content (AvgIpc) is 2.62. The maximum Gasteiger partial charge on any atom is 0.221 e. The predicted octanol–water partition coefficient (Wildman–Crippen LogP) is 2.26. The van der Waals surface area contributed by atoms with Crippen molar-refractivity contribution in [3.05, 3.63) is 30.1 Å². The molecule has 0 aliphatic heterocycles. The number of para-hydroxylation sites is 1. The molecule has 0 bridgehead atoms. The number of benzene rings is 1. The van der Waals surface area contributed by atoms with Gasteiger partial charge >= 0.3 is 0 Å². The molecule has 0 amide bonds. The molecular weight excluding hydrogens is 200 g/mol. The zero-order valence-corrected chi connectivity index (χ0v) is 8.21. The Morgan fingerprint density at radius 2 is 2.36 bits per heavy atom. The first kappa shape index (κ1) is 9.21. The number of carbonyl (C=O) groups excluding carboxylic acids is 1. The number of hydrogen-bond donors (Lipinski definition) is 1. The van der Waals surface area contributed by atoms with Gasteiger partial charge in [0.2, 0.25) is 5.24 Å². The number of hydrogen-bond acceptors (Lipinski definition) is 2. The number of fused-ring (bicyclic) bond motifs is 1. The summed E-state index contributed by atoms with van der Waals surface area (Å²) in [6, 6.07) is 5.85. The molecule has 72 valence electrons. The van der Waals surface area contributed by atoms with Crippen LogP contribution in [0.15, 0.2) is 24.5 Å². The minimum Gasteiger partial charge on any atom is -0.345 e. The number of H-pyrrole nitrogens is 1. The van der Waals surface area contributed by atoms with Gasteiger partial charge in [-0.3, -0.25) is 4.79 Å². The Hall–Kier alpha value is -1.35. The number of imidazole rings is 1. The summed E-state index contributed by atoms with van der Waals surface area (Å²) in [5.41, 5.74) is 2.97. The molecule has 0 aliphatic rings. The highest BCUT2D eigenvalue weighted by atomic mass is 35.5. The standard InChI is InChI=1S/C10H9ClN2O/c11-9(14)5-4-7-2-1-3-8-10(7)13-6-12-8/h1-3,6H,4-5H2,(H,12,13). The summed E-state index contributed by atoms with van der Waals surface area (Å²) < 4.78 is 0. The van der Waals surface area contributed by atoms with E-state index in [1.54, 1.807) is 6.33 Å². The Labute approximate surface area is 86.1 Å². The van der Waals surface area contributed by atoms with Gasteiger partial charge in [-0.05, 0) is 29.7 Å². The Morgan fingerprint density at radius 1 is 1.50 bits per heavy atom. The van der Waals surface area contributed by atoms with Gasteiger partial charge in [0.05, 0.1) is 17.4 Å². The molecule has 0 spiro atoms. The van der Waals surface area contributed by atoms with E-state index in [1.807, 2.05) is 18.2 Å². The first-order valence-electron chi connectivity index (χ1n) is 4.36. The van der Waals surface area contributed by atoms with Crippen LogP contribution in [0.4, 0.5) is 0 Å². The van der Waals surface area contributed by atoms with Crippen LogP contribution in [-0.4, -0.2) is 15.2 Å². The highest BCUT2D eigenvalue weighted by Crippen LogP contribution is 2.16. The zero-order chi connectivity index (χ0) is 9.97. The molecule has 0 atom stereocenters. The molecule has 0 aliphatic carbocycles. The van der Waals surface area contributed by atoms with Crippen LogP contribution in [0.25, 0.3) is 11.0 Å². The van der Waals surface area contributed by atoms with Crippen molar-refractivity contribution >= 4 is 27.9 Å². The summed E-state index contributed by atoms with van der Waals surface area (Å²) in [6.07, 6.45) is 2.65. The molecule has 0 unspecified atom stereocenters. The van der Waals surface area contributed by atoms with Crippen LogP contribution in [0.3, 0.4) is 0 Å². The Kier molecular flexibility index (Phi) is 2.50. The number of halogens is 1. The third-order valence-electron chi connectivity index (χ3n) is 2.12. The molecule has 0 saturated carbocycles. The Bertz CT molecular complexity index is 464. The monoisotopic (exact) mass is 208 g/mol. The zero-order valence-electron chi connectivity index (χ0n) is 7.46. The summed E-state index contributed by atoms with van der Waals surface area (Å²) in [5.74, 6) is 0. The molecule has 1 aromatic heterocycles. The Morgan fingerprint density at radius 3 is 3.14 bits per heavy atom. The van der Waals surface area contributed by atoms with Crippen molar-refractivity contribution in [1.82, 2.24) is 9.97 Å². The number of nitrogens with zero attached hydrogens (tertiary/aromatic N) is 1. The minimum atomic E-state index is -0.308. The van der Waals surface area contributed by atoms with Crippen molar-refractivity contribution in [3.8, 4) is 0 Å². The highest BCUT2D eigenvalue weighted by molar-refractivity contribution is 6.63. The normalized spacial score (nSPS) is 10.6. The quantitative estimate of drug-likeness (QED) is 0.787. The van der Waals surface area contributed by atoms with Gasteiger partial charge in [-0.1, -0.05) is 12.1 Å². The second-order valence-electron chi connectivity index (χ2n) is 3.07. The van der Waals surface area contributed by atoms with E-state index in [0.29, 0.717) is 12.8 Å².